The van der Waals surface area contributed by atoms with Gasteiger partial charge in [0.05, 0.1) is 22.0 Å². The van der Waals surface area contributed by atoms with E-state index in [1.54, 1.807) is 4.68 Å². The summed E-state index contributed by atoms with van der Waals surface area (Å²) in [5.74, 6) is -0.391. The summed E-state index contributed by atoms with van der Waals surface area (Å²) in [6, 6.07) is 4.37. The van der Waals surface area contributed by atoms with Crippen molar-refractivity contribution in [2.75, 3.05) is 0 Å². The zero-order valence-corrected chi connectivity index (χ0v) is 17.8. The Bertz CT molecular complexity index is 1330. The van der Waals surface area contributed by atoms with Gasteiger partial charge in [-0.1, -0.05) is 13.3 Å². The summed E-state index contributed by atoms with van der Waals surface area (Å²) in [7, 11) is -5.64. The first-order valence-electron chi connectivity index (χ1n) is 9.92. The second-order valence-corrected chi connectivity index (χ2v) is 9.41. The number of alkyl halides is 3. The number of hydrogen-bond acceptors (Lipinski definition) is 5. The minimum absolute atomic E-state index is 0.0730. The van der Waals surface area contributed by atoms with E-state index in [1.165, 1.54) is 12.3 Å². The summed E-state index contributed by atoms with van der Waals surface area (Å²) in [6.07, 6.45) is 3.49. The van der Waals surface area contributed by atoms with Crippen LogP contribution in [0.3, 0.4) is 0 Å². The van der Waals surface area contributed by atoms with Gasteiger partial charge in [0.1, 0.15) is 17.3 Å². The van der Waals surface area contributed by atoms with E-state index in [0.29, 0.717) is 17.4 Å². The van der Waals surface area contributed by atoms with Gasteiger partial charge in [-0.25, -0.2) is 12.8 Å². The Labute approximate surface area is 181 Å². The van der Waals surface area contributed by atoms with Crippen molar-refractivity contribution in [3.05, 3.63) is 47.4 Å². The van der Waals surface area contributed by atoms with Gasteiger partial charge in [-0.3, -0.25) is 4.68 Å². The molecule has 0 saturated heterocycles. The number of fused-ring (bicyclic) bond motifs is 2. The number of ether oxygens (including phenoxy) is 1. The van der Waals surface area contributed by atoms with E-state index in [-0.39, 0.29) is 41.2 Å². The van der Waals surface area contributed by atoms with Crippen molar-refractivity contribution in [2.45, 2.75) is 49.6 Å². The lowest BCUT2D eigenvalue weighted by atomic mass is 10.1. The first-order valence-corrected chi connectivity index (χ1v) is 11.4. The van der Waals surface area contributed by atoms with Gasteiger partial charge in [-0.2, -0.15) is 18.3 Å². The Kier molecular flexibility index (Phi) is 5.48. The predicted molar refractivity (Wildman–Crippen MR) is 110 cm³/mol. The fraction of sp³-hybridized carbons (Fsp3) is 0.333. The average Bonchev–Trinajstić information content (AvgIpc) is 3.30. The summed E-state index contributed by atoms with van der Waals surface area (Å²) < 4.78 is 85.2. The molecule has 11 heteroatoms. The van der Waals surface area contributed by atoms with Gasteiger partial charge in [0.25, 0.3) is 9.84 Å². The SMILES string of the molecule is CCCCn1ncc2c(Oc3ccc(S(=O)(=O)C(F)(F)F)c4c3CCC4=N)cc(F)cc21. The highest BCUT2D eigenvalue weighted by Gasteiger charge is 2.49. The first-order chi connectivity index (χ1) is 15.0. The largest absolute Gasteiger partial charge is 0.501 e. The summed E-state index contributed by atoms with van der Waals surface area (Å²) >= 11 is 0. The van der Waals surface area contributed by atoms with Crippen molar-refractivity contribution >= 4 is 26.5 Å². The molecule has 0 unspecified atom stereocenters. The van der Waals surface area contributed by atoms with Crippen LogP contribution in [-0.2, 0) is 22.8 Å². The summed E-state index contributed by atoms with van der Waals surface area (Å²) in [6.45, 7) is 2.60. The molecule has 1 aromatic heterocycles. The minimum atomic E-state index is -5.64. The number of sulfone groups is 1. The third kappa shape index (κ3) is 3.64. The van der Waals surface area contributed by atoms with Crippen LogP contribution >= 0.6 is 0 Å². The van der Waals surface area contributed by atoms with E-state index >= 15 is 0 Å². The third-order valence-corrected chi connectivity index (χ3v) is 6.91. The van der Waals surface area contributed by atoms with Gasteiger partial charge in [0.15, 0.2) is 0 Å². The number of hydrogen-bond donors (Lipinski definition) is 1. The normalized spacial score (nSPS) is 14.2. The number of aromatic nitrogens is 2. The first kappa shape index (κ1) is 22.3. The van der Waals surface area contributed by atoms with Crippen LogP contribution in [0.25, 0.3) is 10.9 Å². The Morgan fingerprint density at radius 3 is 2.62 bits per heavy atom. The van der Waals surface area contributed by atoms with E-state index in [2.05, 4.69) is 5.10 Å². The van der Waals surface area contributed by atoms with Crippen molar-refractivity contribution in [3.63, 3.8) is 0 Å². The smallest absolute Gasteiger partial charge is 0.456 e. The number of benzene rings is 2. The fourth-order valence-corrected chi connectivity index (χ4v) is 4.82. The van der Waals surface area contributed by atoms with Gasteiger partial charge in [0, 0.05) is 35.5 Å². The van der Waals surface area contributed by atoms with E-state index in [1.807, 2.05) is 6.92 Å². The maximum absolute atomic E-state index is 14.3. The van der Waals surface area contributed by atoms with E-state index < -0.39 is 26.1 Å². The van der Waals surface area contributed by atoms with Crippen LogP contribution in [0.1, 0.15) is 37.3 Å². The molecule has 3 aromatic rings. The molecule has 2 aromatic carbocycles. The third-order valence-electron chi connectivity index (χ3n) is 5.39. The molecule has 0 atom stereocenters. The predicted octanol–water partition coefficient (Wildman–Crippen LogP) is 5.38. The number of aryl methyl sites for hydroxylation is 1. The molecule has 1 heterocycles. The molecule has 1 aliphatic rings. The molecular formula is C21H19F4N3O3S. The van der Waals surface area contributed by atoms with Crippen LogP contribution in [0, 0.1) is 11.2 Å². The highest BCUT2D eigenvalue weighted by molar-refractivity contribution is 7.92. The van der Waals surface area contributed by atoms with Crippen molar-refractivity contribution < 1.29 is 30.7 Å². The Balaban J connectivity index is 1.81. The number of halogens is 4. The molecule has 0 amide bonds. The molecule has 0 saturated carbocycles. The molecule has 0 aliphatic heterocycles. The van der Waals surface area contributed by atoms with Crippen LogP contribution in [0.15, 0.2) is 35.4 Å². The van der Waals surface area contributed by atoms with Crippen molar-refractivity contribution in [1.82, 2.24) is 9.78 Å². The standard InChI is InChI=1S/C21H19F4N3O3S/c1-2-3-8-28-16-9-12(22)10-18(14(16)11-27-28)31-17-6-7-19(32(29,30)21(23,24)25)20-13(17)4-5-15(20)26/h6-7,9-11,26H,2-5,8H2,1H3. The molecule has 170 valence electrons. The van der Waals surface area contributed by atoms with Crippen LogP contribution < -0.4 is 4.74 Å². The van der Waals surface area contributed by atoms with Gasteiger partial charge >= 0.3 is 5.51 Å². The van der Waals surface area contributed by atoms with E-state index in [9.17, 15) is 26.0 Å². The second-order valence-electron chi connectivity index (χ2n) is 7.50. The quantitative estimate of drug-likeness (QED) is 0.492. The Morgan fingerprint density at radius 1 is 1.19 bits per heavy atom. The van der Waals surface area contributed by atoms with Crippen LogP contribution in [0.4, 0.5) is 17.6 Å². The van der Waals surface area contributed by atoms with Gasteiger partial charge in [-0.05, 0) is 31.4 Å². The van der Waals surface area contributed by atoms with Gasteiger partial charge in [-0.15, -0.1) is 0 Å². The molecule has 0 radical (unpaired) electrons. The topological polar surface area (TPSA) is 85.0 Å². The molecule has 32 heavy (non-hydrogen) atoms. The maximum Gasteiger partial charge on any atom is 0.501 e. The Morgan fingerprint density at radius 2 is 1.94 bits per heavy atom. The molecule has 6 nitrogen and oxygen atoms in total. The lowest BCUT2D eigenvalue weighted by Gasteiger charge is -2.16. The van der Waals surface area contributed by atoms with Crippen molar-refractivity contribution in [3.8, 4) is 11.5 Å². The van der Waals surface area contributed by atoms with E-state index in [4.69, 9.17) is 10.1 Å². The maximum atomic E-state index is 14.3. The monoisotopic (exact) mass is 469 g/mol. The summed E-state index contributed by atoms with van der Waals surface area (Å²) in [5.41, 5.74) is -5.32. The number of unbranched alkanes of at least 4 members (excludes halogenated alkanes) is 1. The van der Waals surface area contributed by atoms with Crippen LogP contribution in [0.5, 0.6) is 11.5 Å². The molecular weight excluding hydrogens is 450 g/mol. The van der Waals surface area contributed by atoms with E-state index in [0.717, 1.165) is 31.0 Å². The molecule has 1 aliphatic carbocycles. The minimum Gasteiger partial charge on any atom is -0.456 e. The zero-order chi connectivity index (χ0) is 23.3. The fourth-order valence-electron chi connectivity index (χ4n) is 3.81. The van der Waals surface area contributed by atoms with Gasteiger partial charge < -0.3 is 10.1 Å². The van der Waals surface area contributed by atoms with Crippen molar-refractivity contribution in [2.24, 2.45) is 0 Å². The highest BCUT2D eigenvalue weighted by Crippen LogP contribution is 2.42. The summed E-state index contributed by atoms with van der Waals surface area (Å²) in [5, 5.41) is 12.8. The lowest BCUT2D eigenvalue weighted by Crippen LogP contribution is -2.25. The number of nitrogens with one attached hydrogen (secondary N) is 1. The summed E-state index contributed by atoms with van der Waals surface area (Å²) in [4.78, 5) is -0.966. The molecule has 1 N–H and O–H groups in total. The zero-order valence-electron chi connectivity index (χ0n) is 17.0. The average molecular weight is 469 g/mol. The highest BCUT2D eigenvalue weighted by atomic mass is 32.2. The lowest BCUT2D eigenvalue weighted by molar-refractivity contribution is -0.0436. The van der Waals surface area contributed by atoms with Crippen LogP contribution in [-0.4, -0.2) is 29.4 Å². The van der Waals surface area contributed by atoms with Gasteiger partial charge in [0.2, 0.25) is 0 Å². The Hall–Kier alpha value is -2.95. The molecule has 0 spiro atoms. The van der Waals surface area contributed by atoms with Crippen LogP contribution in [0.2, 0.25) is 0 Å². The van der Waals surface area contributed by atoms with Crippen molar-refractivity contribution in [1.29, 1.82) is 5.41 Å². The second kappa shape index (κ2) is 7.88. The number of rotatable bonds is 6. The number of nitrogens with zero attached hydrogens (tertiary/aromatic N) is 2. The molecule has 0 fully saturated rings. The molecule has 4 rings (SSSR count). The molecule has 0 bridgehead atoms.